The van der Waals surface area contributed by atoms with Gasteiger partial charge in [0.1, 0.15) is 23.7 Å². The number of alkyl halides is 3. The zero-order chi connectivity index (χ0) is 23.4. The zero-order valence-corrected chi connectivity index (χ0v) is 18.2. The summed E-state index contributed by atoms with van der Waals surface area (Å²) in [6.07, 6.45) is 2.98. The molecule has 1 N–H and O–H groups in total. The van der Waals surface area contributed by atoms with Crippen LogP contribution in [0.5, 0.6) is 5.75 Å². The molecule has 0 atom stereocenters. The molecule has 1 aliphatic rings. The van der Waals surface area contributed by atoms with Gasteiger partial charge in [0.25, 0.3) is 5.91 Å². The van der Waals surface area contributed by atoms with E-state index < -0.39 is 17.8 Å². The number of hydrogen-bond acceptors (Lipinski definition) is 5. The number of methoxy groups -OCH3 is 1. The number of anilines is 1. The molecule has 3 aromatic rings. The molecule has 10 heteroatoms. The first kappa shape index (κ1) is 23.0. The van der Waals surface area contributed by atoms with Crippen LogP contribution in [0.3, 0.4) is 0 Å². The standard InChI is InChI=1S/C23H25F3N4O3/c1-32-10-11-33-20-13-18-15(14-30(29-18)16-6-3-2-4-7-16)12-19(20)28-22(31)17-8-5-9-21(27-17)23(24,25)26/h5,8-9,12-14,16H,2-4,6-7,10-11H2,1H3,(H,28,31). The van der Waals surface area contributed by atoms with Crippen LogP contribution in [0.2, 0.25) is 0 Å². The van der Waals surface area contributed by atoms with Gasteiger partial charge in [-0.3, -0.25) is 9.48 Å². The SMILES string of the molecule is COCCOc1cc2nn(C3CCCCC3)cc2cc1NC(=O)c1cccc(C(F)(F)F)n1. The fraction of sp³-hybridized carbons (Fsp3) is 0.435. The highest BCUT2D eigenvalue weighted by atomic mass is 19.4. The normalized spacial score (nSPS) is 15.0. The smallest absolute Gasteiger partial charge is 0.433 e. The number of halogens is 3. The van der Waals surface area contributed by atoms with E-state index in [0.29, 0.717) is 29.6 Å². The van der Waals surface area contributed by atoms with Gasteiger partial charge in [0, 0.05) is 24.8 Å². The quantitative estimate of drug-likeness (QED) is 0.487. The molecular formula is C23H25F3N4O3. The highest BCUT2D eigenvalue weighted by Crippen LogP contribution is 2.34. The molecule has 1 fully saturated rings. The lowest BCUT2D eigenvalue weighted by molar-refractivity contribution is -0.141. The largest absolute Gasteiger partial charge is 0.489 e. The summed E-state index contributed by atoms with van der Waals surface area (Å²) in [5.41, 5.74) is -0.434. The van der Waals surface area contributed by atoms with Crippen LogP contribution in [0.15, 0.2) is 36.5 Å². The minimum absolute atomic E-state index is 0.232. The predicted octanol–water partition coefficient (Wildman–Crippen LogP) is 5.23. The third kappa shape index (κ3) is 5.44. The van der Waals surface area contributed by atoms with Crippen molar-refractivity contribution in [2.45, 2.75) is 44.3 Å². The van der Waals surface area contributed by atoms with Crippen LogP contribution in [0.4, 0.5) is 18.9 Å². The first-order valence-corrected chi connectivity index (χ1v) is 10.9. The van der Waals surface area contributed by atoms with Crippen LogP contribution in [-0.2, 0) is 10.9 Å². The Labute approximate surface area is 188 Å². The number of hydrogen-bond donors (Lipinski definition) is 1. The first-order valence-electron chi connectivity index (χ1n) is 10.9. The van der Waals surface area contributed by atoms with Crippen molar-refractivity contribution in [2.24, 2.45) is 0 Å². The molecule has 1 aromatic carbocycles. The van der Waals surface area contributed by atoms with Crippen molar-refractivity contribution in [3.8, 4) is 5.75 Å². The van der Waals surface area contributed by atoms with E-state index in [4.69, 9.17) is 14.6 Å². The molecule has 0 bridgehead atoms. The van der Waals surface area contributed by atoms with Crippen molar-refractivity contribution in [1.29, 1.82) is 0 Å². The van der Waals surface area contributed by atoms with E-state index in [-0.39, 0.29) is 12.3 Å². The summed E-state index contributed by atoms with van der Waals surface area (Å²) < 4.78 is 51.7. The van der Waals surface area contributed by atoms with Crippen LogP contribution in [0.25, 0.3) is 10.9 Å². The van der Waals surface area contributed by atoms with E-state index in [1.54, 1.807) is 19.2 Å². The molecule has 1 aliphatic carbocycles. The second-order valence-corrected chi connectivity index (χ2v) is 8.01. The molecular weight excluding hydrogens is 437 g/mol. The van der Waals surface area contributed by atoms with Crippen molar-refractivity contribution < 1.29 is 27.4 Å². The van der Waals surface area contributed by atoms with Gasteiger partial charge in [-0.15, -0.1) is 0 Å². The third-order valence-electron chi connectivity index (χ3n) is 5.64. The number of ether oxygens (including phenoxy) is 2. The van der Waals surface area contributed by atoms with Crippen LogP contribution in [0.1, 0.15) is 54.3 Å². The van der Waals surface area contributed by atoms with Gasteiger partial charge in [-0.05, 0) is 31.0 Å². The van der Waals surface area contributed by atoms with Gasteiger partial charge in [0.15, 0.2) is 0 Å². The summed E-state index contributed by atoms with van der Waals surface area (Å²) in [6, 6.07) is 6.97. The zero-order valence-electron chi connectivity index (χ0n) is 18.2. The molecule has 176 valence electrons. The van der Waals surface area contributed by atoms with Crippen LogP contribution in [-0.4, -0.2) is 41.0 Å². The number of amides is 1. The maximum atomic E-state index is 13.0. The van der Waals surface area contributed by atoms with Crippen LogP contribution < -0.4 is 10.1 Å². The van der Waals surface area contributed by atoms with Gasteiger partial charge in [-0.2, -0.15) is 18.3 Å². The monoisotopic (exact) mass is 462 g/mol. The lowest BCUT2D eigenvalue weighted by Gasteiger charge is -2.21. The van der Waals surface area contributed by atoms with E-state index in [0.717, 1.165) is 43.2 Å². The van der Waals surface area contributed by atoms with Crippen LogP contribution in [0, 0.1) is 0 Å². The molecule has 2 heterocycles. The minimum atomic E-state index is -4.64. The Hall–Kier alpha value is -3.14. The summed E-state index contributed by atoms with van der Waals surface area (Å²) >= 11 is 0. The Bertz CT molecular complexity index is 1120. The number of benzene rings is 1. The number of rotatable bonds is 7. The molecule has 0 spiro atoms. The van der Waals surface area contributed by atoms with Crippen molar-refractivity contribution in [3.05, 3.63) is 47.9 Å². The Morgan fingerprint density at radius 3 is 2.70 bits per heavy atom. The maximum absolute atomic E-state index is 13.0. The Kier molecular flexibility index (Phi) is 6.83. The molecule has 2 aromatic heterocycles. The second-order valence-electron chi connectivity index (χ2n) is 8.01. The fourth-order valence-electron chi connectivity index (χ4n) is 3.96. The molecule has 1 saturated carbocycles. The first-order chi connectivity index (χ1) is 15.8. The molecule has 0 unspecified atom stereocenters. The highest BCUT2D eigenvalue weighted by molar-refractivity contribution is 6.05. The minimum Gasteiger partial charge on any atom is -0.489 e. The Balaban J connectivity index is 1.63. The lowest BCUT2D eigenvalue weighted by atomic mass is 9.96. The van der Waals surface area contributed by atoms with Crippen molar-refractivity contribution in [1.82, 2.24) is 14.8 Å². The maximum Gasteiger partial charge on any atom is 0.433 e. The van der Waals surface area contributed by atoms with Gasteiger partial charge in [0.2, 0.25) is 0 Å². The number of carbonyl (C=O) groups is 1. The third-order valence-corrected chi connectivity index (χ3v) is 5.64. The van der Waals surface area contributed by atoms with Gasteiger partial charge in [-0.25, -0.2) is 4.98 Å². The van der Waals surface area contributed by atoms with Crippen molar-refractivity contribution in [2.75, 3.05) is 25.6 Å². The molecule has 1 amide bonds. The summed E-state index contributed by atoms with van der Waals surface area (Å²) in [7, 11) is 1.54. The van der Waals surface area contributed by atoms with E-state index in [1.165, 1.54) is 12.5 Å². The molecule has 7 nitrogen and oxygen atoms in total. The number of nitrogens with zero attached hydrogens (tertiary/aromatic N) is 3. The van der Waals surface area contributed by atoms with Crippen LogP contribution >= 0.6 is 0 Å². The summed E-state index contributed by atoms with van der Waals surface area (Å²) in [4.78, 5) is 16.2. The molecule has 4 rings (SSSR count). The number of pyridine rings is 1. The summed E-state index contributed by atoms with van der Waals surface area (Å²) in [6.45, 7) is 0.563. The average Bonchev–Trinajstić information content (AvgIpc) is 3.22. The van der Waals surface area contributed by atoms with Gasteiger partial charge >= 0.3 is 6.18 Å². The predicted molar refractivity (Wildman–Crippen MR) is 116 cm³/mol. The van der Waals surface area contributed by atoms with Gasteiger partial charge in [-0.1, -0.05) is 25.3 Å². The molecule has 0 radical (unpaired) electrons. The van der Waals surface area contributed by atoms with E-state index >= 15 is 0 Å². The highest BCUT2D eigenvalue weighted by Gasteiger charge is 2.33. The van der Waals surface area contributed by atoms with Crippen molar-refractivity contribution >= 4 is 22.5 Å². The van der Waals surface area contributed by atoms with Crippen molar-refractivity contribution in [3.63, 3.8) is 0 Å². The van der Waals surface area contributed by atoms with Gasteiger partial charge in [0.05, 0.1) is 23.9 Å². The van der Waals surface area contributed by atoms with E-state index in [1.807, 2.05) is 10.9 Å². The fourth-order valence-corrected chi connectivity index (χ4v) is 3.96. The average molecular weight is 462 g/mol. The van der Waals surface area contributed by atoms with E-state index in [2.05, 4.69) is 10.3 Å². The molecule has 0 saturated heterocycles. The van der Waals surface area contributed by atoms with Gasteiger partial charge < -0.3 is 14.8 Å². The summed E-state index contributed by atoms with van der Waals surface area (Å²) in [5, 5.41) is 8.14. The molecule has 0 aliphatic heterocycles. The topological polar surface area (TPSA) is 78.3 Å². The molecule has 33 heavy (non-hydrogen) atoms. The number of nitrogens with one attached hydrogen (secondary N) is 1. The van der Waals surface area contributed by atoms with E-state index in [9.17, 15) is 18.0 Å². The number of fused-ring (bicyclic) bond motifs is 1. The summed E-state index contributed by atoms with van der Waals surface area (Å²) in [5.74, 6) is -0.412. The lowest BCUT2D eigenvalue weighted by Crippen LogP contribution is -2.17. The number of carbonyl (C=O) groups excluding carboxylic acids is 1. The number of aromatic nitrogens is 3. The Morgan fingerprint density at radius 2 is 1.97 bits per heavy atom. The second kappa shape index (κ2) is 9.78. The Morgan fingerprint density at radius 1 is 1.18 bits per heavy atom.